The summed E-state index contributed by atoms with van der Waals surface area (Å²) >= 11 is 5.17. The molecule has 0 radical (unpaired) electrons. The Kier molecular flexibility index (Phi) is 4.42. The first-order valence-corrected chi connectivity index (χ1v) is 4.83. The van der Waals surface area contributed by atoms with Gasteiger partial charge in [0, 0.05) is 32.7 Å². The van der Waals surface area contributed by atoms with Crippen LogP contribution < -0.4 is 0 Å². The van der Waals surface area contributed by atoms with Crippen molar-refractivity contribution in [1.29, 1.82) is 0 Å². The predicted octanol–water partition coefficient (Wildman–Crippen LogP) is 0.555. The number of carbonyl (C=O) groups is 1. The van der Waals surface area contributed by atoms with E-state index in [1.165, 1.54) is 6.08 Å². The number of hydrogen-bond donors (Lipinski definition) is 0. The van der Waals surface area contributed by atoms with E-state index in [1.807, 2.05) is 6.08 Å². The fourth-order valence-electron chi connectivity index (χ4n) is 1.32. The second-order valence-corrected chi connectivity index (χ2v) is 3.68. The van der Waals surface area contributed by atoms with E-state index in [9.17, 15) is 4.79 Å². The van der Waals surface area contributed by atoms with Crippen LogP contribution in [0.1, 0.15) is 0 Å². The Bertz CT molecular complexity index is 198. The number of halogens is 1. The van der Waals surface area contributed by atoms with Crippen LogP contribution in [0.4, 0.5) is 0 Å². The molecule has 0 atom stereocenters. The molecule has 0 amide bonds. The van der Waals surface area contributed by atoms with Crippen molar-refractivity contribution in [3.8, 4) is 0 Å². The fourth-order valence-corrected chi connectivity index (χ4v) is 1.41. The number of likely N-dealkylation sites (N-methyl/N-ethyl adjacent to an activating group) is 1. The Balaban J connectivity index is 2.19. The van der Waals surface area contributed by atoms with E-state index in [0.29, 0.717) is 0 Å². The van der Waals surface area contributed by atoms with E-state index < -0.39 is 5.24 Å². The zero-order valence-electron chi connectivity index (χ0n) is 7.87. The van der Waals surface area contributed by atoms with Crippen molar-refractivity contribution in [3.05, 3.63) is 12.2 Å². The summed E-state index contributed by atoms with van der Waals surface area (Å²) < 4.78 is 0. The summed E-state index contributed by atoms with van der Waals surface area (Å²) in [5, 5.41) is -0.394. The van der Waals surface area contributed by atoms with Gasteiger partial charge >= 0.3 is 0 Å². The van der Waals surface area contributed by atoms with Gasteiger partial charge in [-0.25, -0.2) is 0 Å². The van der Waals surface area contributed by atoms with Crippen LogP contribution in [-0.4, -0.2) is 54.8 Å². The van der Waals surface area contributed by atoms with Gasteiger partial charge in [-0.05, 0) is 24.7 Å². The highest BCUT2D eigenvalue weighted by atomic mass is 35.5. The summed E-state index contributed by atoms with van der Waals surface area (Å²) in [5.41, 5.74) is 0. The average Bonchev–Trinajstić information content (AvgIpc) is 2.08. The first-order valence-electron chi connectivity index (χ1n) is 4.45. The monoisotopic (exact) mass is 202 g/mol. The fraction of sp³-hybridized carbons (Fsp3) is 0.667. The van der Waals surface area contributed by atoms with Crippen LogP contribution in [0, 0.1) is 0 Å². The van der Waals surface area contributed by atoms with Gasteiger partial charge in [-0.3, -0.25) is 9.69 Å². The molecular weight excluding hydrogens is 188 g/mol. The van der Waals surface area contributed by atoms with Gasteiger partial charge in [-0.1, -0.05) is 6.08 Å². The minimum absolute atomic E-state index is 0.394. The quantitative estimate of drug-likeness (QED) is 0.494. The van der Waals surface area contributed by atoms with Crippen LogP contribution in [0.15, 0.2) is 12.2 Å². The van der Waals surface area contributed by atoms with E-state index in [4.69, 9.17) is 11.6 Å². The molecule has 1 rings (SSSR count). The summed E-state index contributed by atoms with van der Waals surface area (Å²) in [6.07, 6.45) is 3.24. The van der Waals surface area contributed by atoms with Crippen molar-refractivity contribution in [1.82, 2.24) is 9.80 Å². The molecular formula is C9H15ClN2O. The molecule has 0 aromatic heterocycles. The minimum Gasteiger partial charge on any atom is -0.304 e. The molecule has 1 saturated heterocycles. The normalized spacial score (nSPS) is 21.1. The van der Waals surface area contributed by atoms with Crippen LogP contribution in [0.2, 0.25) is 0 Å². The summed E-state index contributed by atoms with van der Waals surface area (Å²) in [6.45, 7) is 5.16. The van der Waals surface area contributed by atoms with Crippen molar-refractivity contribution < 1.29 is 4.79 Å². The highest BCUT2D eigenvalue weighted by Crippen LogP contribution is 1.98. The molecule has 1 fully saturated rings. The van der Waals surface area contributed by atoms with Crippen LogP contribution in [0.3, 0.4) is 0 Å². The third kappa shape index (κ3) is 4.41. The second-order valence-electron chi connectivity index (χ2n) is 3.31. The molecule has 13 heavy (non-hydrogen) atoms. The molecule has 0 unspecified atom stereocenters. The Morgan fingerprint density at radius 3 is 2.54 bits per heavy atom. The summed E-state index contributed by atoms with van der Waals surface area (Å²) in [5.74, 6) is 0. The third-order valence-electron chi connectivity index (χ3n) is 2.21. The van der Waals surface area contributed by atoms with Gasteiger partial charge in [-0.15, -0.1) is 0 Å². The van der Waals surface area contributed by atoms with Gasteiger partial charge in [0.15, 0.2) is 0 Å². The number of carbonyl (C=O) groups excluding carboxylic acids is 1. The molecule has 0 aliphatic carbocycles. The number of allylic oxidation sites excluding steroid dienone is 1. The zero-order valence-corrected chi connectivity index (χ0v) is 8.63. The van der Waals surface area contributed by atoms with Gasteiger partial charge in [0.05, 0.1) is 0 Å². The SMILES string of the molecule is CN1CCN(C/C=C/C(=O)Cl)CC1. The molecule has 0 N–H and O–H groups in total. The molecule has 0 bridgehead atoms. The highest BCUT2D eigenvalue weighted by molar-refractivity contribution is 6.66. The highest BCUT2D eigenvalue weighted by Gasteiger charge is 2.11. The lowest BCUT2D eigenvalue weighted by Gasteiger charge is -2.31. The zero-order chi connectivity index (χ0) is 9.68. The van der Waals surface area contributed by atoms with Crippen LogP contribution in [-0.2, 0) is 4.79 Å². The van der Waals surface area contributed by atoms with E-state index in [1.54, 1.807) is 0 Å². The van der Waals surface area contributed by atoms with Crippen LogP contribution >= 0.6 is 11.6 Å². The lowest BCUT2D eigenvalue weighted by molar-refractivity contribution is -0.107. The lowest BCUT2D eigenvalue weighted by atomic mass is 10.3. The molecule has 4 heteroatoms. The molecule has 1 aliphatic heterocycles. The van der Waals surface area contributed by atoms with Gasteiger partial charge in [0.2, 0.25) is 5.24 Å². The number of nitrogens with zero attached hydrogens (tertiary/aromatic N) is 2. The Labute approximate surface area is 83.9 Å². The van der Waals surface area contributed by atoms with Crippen LogP contribution in [0.5, 0.6) is 0 Å². The number of rotatable bonds is 3. The van der Waals surface area contributed by atoms with Gasteiger partial charge in [0.25, 0.3) is 0 Å². The molecule has 1 heterocycles. The van der Waals surface area contributed by atoms with E-state index in [-0.39, 0.29) is 0 Å². The van der Waals surface area contributed by atoms with Gasteiger partial charge in [-0.2, -0.15) is 0 Å². The van der Waals surface area contributed by atoms with E-state index in [0.717, 1.165) is 32.7 Å². The Hall–Kier alpha value is -0.380. The minimum atomic E-state index is -0.394. The second kappa shape index (κ2) is 5.37. The smallest absolute Gasteiger partial charge is 0.244 e. The largest absolute Gasteiger partial charge is 0.304 e. The lowest BCUT2D eigenvalue weighted by Crippen LogP contribution is -2.44. The molecule has 0 saturated carbocycles. The first-order chi connectivity index (χ1) is 6.18. The van der Waals surface area contributed by atoms with Gasteiger partial charge < -0.3 is 4.90 Å². The molecule has 0 spiro atoms. The third-order valence-corrected chi connectivity index (χ3v) is 2.33. The molecule has 3 nitrogen and oxygen atoms in total. The first kappa shape index (κ1) is 10.7. The maximum atomic E-state index is 10.4. The standard InChI is InChI=1S/C9H15ClN2O/c1-11-5-7-12(8-6-11)4-2-3-9(10)13/h2-3H,4-8H2,1H3/b3-2+. The maximum absolute atomic E-state index is 10.4. The van der Waals surface area contributed by atoms with Gasteiger partial charge in [0.1, 0.15) is 0 Å². The molecule has 74 valence electrons. The molecule has 0 aromatic rings. The number of hydrogen-bond acceptors (Lipinski definition) is 3. The Morgan fingerprint density at radius 2 is 2.00 bits per heavy atom. The summed E-state index contributed by atoms with van der Waals surface area (Å²) in [6, 6.07) is 0. The maximum Gasteiger partial charge on any atom is 0.244 e. The molecule has 0 aromatic carbocycles. The van der Waals surface area contributed by atoms with Crippen molar-refractivity contribution in [3.63, 3.8) is 0 Å². The van der Waals surface area contributed by atoms with Crippen molar-refractivity contribution in [2.45, 2.75) is 0 Å². The average molecular weight is 203 g/mol. The van der Waals surface area contributed by atoms with Crippen molar-refractivity contribution in [2.24, 2.45) is 0 Å². The van der Waals surface area contributed by atoms with E-state index >= 15 is 0 Å². The topological polar surface area (TPSA) is 23.6 Å². The van der Waals surface area contributed by atoms with Crippen molar-refractivity contribution in [2.75, 3.05) is 39.8 Å². The van der Waals surface area contributed by atoms with E-state index in [2.05, 4.69) is 16.8 Å². The number of piperazine rings is 1. The molecule has 1 aliphatic rings. The summed E-state index contributed by atoms with van der Waals surface area (Å²) in [7, 11) is 2.12. The predicted molar refractivity (Wildman–Crippen MR) is 53.9 cm³/mol. The summed E-state index contributed by atoms with van der Waals surface area (Å²) in [4.78, 5) is 15.0. The Morgan fingerprint density at radius 1 is 1.38 bits per heavy atom. The van der Waals surface area contributed by atoms with Crippen molar-refractivity contribution >= 4 is 16.8 Å². The van der Waals surface area contributed by atoms with Crippen LogP contribution in [0.25, 0.3) is 0 Å².